The van der Waals surface area contributed by atoms with Crippen LogP contribution in [0, 0.1) is 5.92 Å². The SMILES string of the molecule is Cl[C@@H]1CCN(Cc2c([C@H]3CCCO3)[nH]c3ncccc23)[C@@H]2CCCC[C@@H]12. The van der Waals surface area contributed by atoms with Crippen molar-refractivity contribution in [3.63, 3.8) is 0 Å². The molecule has 3 aliphatic rings. The van der Waals surface area contributed by atoms with Crippen LogP contribution in [-0.4, -0.2) is 39.4 Å². The van der Waals surface area contributed by atoms with Gasteiger partial charge in [-0.3, -0.25) is 4.90 Å². The van der Waals surface area contributed by atoms with Crippen molar-refractivity contribution in [1.29, 1.82) is 0 Å². The van der Waals surface area contributed by atoms with E-state index >= 15 is 0 Å². The number of aromatic amines is 1. The summed E-state index contributed by atoms with van der Waals surface area (Å²) in [5.74, 6) is 0.661. The number of piperidine rings is 1. The molecular weight excluding hydrogens is 346 g/mol. The number of rotatable bonds is 3. The normalized spacial score (nSPS) is 32.8. The van der Waals surface area contributed by atoms with Gasteiger partial charge >= 0.3 is 0 Å². The van der Waals surface area contributed by atoms with Gasteiger partial charge in [-0.25, -0.2) is 4.98 Å². The highest BCUT2D eigenvalue weighted by atomic mass is 35.5. The maximum atomic E-state index is 6.70. The summed E-state index contributed by atoms with van der Waals surface area (Å²) in [5, 5.41) is 1.62. The van der Waals surface area contributed by atoms with Gasteiger partial charge in [0.2, 0.25) is 0 Å². The third-order valence-corrected chi connectivity index (χ3v) is 7.27. The Morgan fingerprint density at radius 3 is 3.00 bits per heavy atom. The summed E-state index contributed by atoms with van der Waals surface area (Å²) in [5.41, 5.74) is 3.66. The van der Waals surface area contributed by atoms with E-state index in [2.05, 4.69) is 20.9 Å². The van der Waals surface area contributed by atoms with E-state index in [9.17, 15) is 0 Å². The van der Waals surface area contributed by atoms with Gasteiger partial charge in [0.25, 0.3) is 0 Å². The second kappa shape index (κ2) is 7.14. The van der Waals surface area contributed by atoms with Crippen LogP contribution < -0.4 is 0 Å². The number of alkyl halides is 1. The standard InChI is InChI=1S/C21H28ClN3O/c22-17-9-11-25(18-7-2-1-5-15(17)18)13-16-14-6-3-10-23-21(14)24-20(16)19-8-4-12-26-19/h3,6,10,15,17-19H,1-2,4-5,7-9,11-13H2,(H,23,24)/t15-,17+,18+,19+/m0/s1. The van der Waals surface area contributed by atoms with Crippen molar-refractivity contribution in [2.75, 3.05) is 13.2 Å². The van der Waals surface area contributed by atoms with Gasteiger partial charge in [0.15, 0.2) is 0 Å². The van der Waals surface area contributed by atoms with Gasteiger partial charge in [-0.05, 0) is 55.7 Å². The molecule has 5 rings (SSSR count). The molecule has 2 aromatic heterocycles. The zero-order valence-electron chi connectivity index (χ0n) is 15.3. The Kier molecular flexibility index (Phi) is 4.68. The van der Waals surface area contributed by atoms with Gasteiger partial charge in [-0.2, -0.15) is 0 Å². The average Bonchev–Trinajstić information content (AvgIpc) is 3.32. The lowest BCUT2D eigenvalue weighted by molar-refractivity contribution is 0.0562. The summed E-state index contributed by atoms with van der Waals surface area (Å²) in [6.45, 7) is 2.97. The van der Waals surface area contributed by atoms with E-state index in [1.165, 1.54) is 42.3 Å². The third kappa shape index (κ3) is 2.96. The van der Waals surface area contributed by atoms with Gasteiger partial charge in [0, 0.05) is 42.7 Å². The molecule has 0 radical (unpaired) electrons. The van der Waals surface area contributed by atoms with Crippen LogP contribution in [0.5, 0.6) is 0 Å². The topological polar surface area (TPSA) is 41.1 Å². The van der Waals surface area contributed by atoms with Crippen LogP contribution in [0.2, 0.25) is 0 Å². The van der Waals surface area contributed by atoms with Crippen LogP contribution in [0.1, 0.15) is 62.3 Å². The summed E-state index contributed by atoms with van der Waals surface area (Å²) in [6.07, 6.45) is 10.7. The number of H-pyrrole nitrogens is 1. The fraction of sp³-hybridized carbons (Fsp3) is 0.667. The predicted octanol–water partition coefficient (Wildman–Crippen LogP) is 4.79. The molecule has 4 heterocycles. The van der Waals surface area contributed by atoms with Gasteiger partial charge in [0.05, 0.1) is 11.8 Å². The van der Waals surface area contributed by atoms with Crippen molar-refractivity contribution < 1.29 is 4.74 Å². The molecule has 1 N–H and O–H groups in total. The Labute approximate surface area is 160 Å². The highest BCUT2D eigenvalue weighted by molar-refractivity contribution is 6.20. The van der Waals surface area contributed by atoms with E-state index in [0.717, 1.165) is 44.6 Å². The van der Waals surface area contributed by atoms with E-state index in [4.69, 9.17) is 16.3 Å². The molecule has 0 spiro atoms. The number of fused-ring (bicyclic) bond motifs is 2. The van der Waals surface area contributed by atoms with Gasteiger partial charge < -0.3 is 9.72 Å². The highest BCUT2D eigenvalue weighted by Crippen LogP contribution is 2.40. The second-order valence-corrected chi connectivity index (χ2v) is 8.77. The van der Waals surface area contributed by atoms with Crippen molar-refractivity contribution in [2.24, 2.45) is 5.92 Å². The van der Waals surface area contributed by atoms with Crippen molar-refractivity contribution >= 4 is 22.6 Å². The zero-order chi connectivity index (χ0) is 17.5. The van der Waals surface area contributed by atoms with Crippen LogP contribution in [0.15, 0.2) is 18.3 Å². The average molecular weight is 374 g/mol. The molecule has 4 nitrogen and oxygen atoms in total. The van der Waals surface area contributed by atoms with Crippen LogP contribution >= 0.6 is 11.6 Å². The Morgan fingerprint density at radius 1 is 1.19 bits per heavy atom. The minimum Gasteiger partial charge on any atom is -0.372 e. The fourth-order valence-electron chi connectivity index (χ4n) is 5.43. The Hall–Kier alpha value is -1.10. The Bertz CT molecular complexity index is 770. The smallest absolute Gasteiger partial charge is 0.137 e. The van der Waals surface area contributed by atoms with Crippen LogP contribution in [0.25, 0.3) is 11.0 Å². The van der Waals surface area contributed by atoms with Crippen molar-refractivity contribution in [3.8, 4) is 0 Å². The maximum Gasteiger partial charge on any atom is 0.137 e. The lowest BCUT2D eigenvalue weighted by Crippen LogP contribution is -2.50. The van der Waals surface area contributed by atoms with E-state index < -0.39 is 0 Å². The van der Waals surface area contributed by atoms with Crippen LogP contribution in [-0.2, 0) is 11.3 Å². The molecule has 5 heteroatoms. The third-order valence-electron chi connectivity index (χ3n) is 6.73. The predicted molar refractivity (Wildman–Crippen MR) is 104 cm³/mol. The minimum atomic E-state index is 0.201. The number of halogens is 1. The van der Waals surface area contributed by atoms with Crippen LogP contribution in [0.4, 0.5) is 0 Å². The van der Waals surface area contributed by atoms with Crippen molar-refractivity contribution in [3.05, 3.63) is 29.6 Å². The first-order chi connectivity index (χ1) is 12.8. The van der Waals surface area contributed by atoms with Gasteiger partial charge in [-0.15, -0.1) is 11.6 Å². The molecule has 2 aromatic rings. The maximum absolute atomic E-state index is 6.70. The molecule has 1 saturated carbocycles. The number of hydrogen-bond acceptors (Lipinski definition) is 3. The number of hydrogen-bond donors (Lipinski definition) is 1. The molecule has 140 valence electrons. The fourth-order valence-corrected chi connectivity index (χ4v) is 5.82. The molecule has 1 aliphatic carbocycles. The molecule has 2 aliphatic heterocycles. The van der Waals surface area contributed by atoms with Gasteiger partial charge in [0.1, 0.15) is 5.65 Å². The second-order valence-electron chi connectivity index (χ2n) is 8.21. The summed E-state index contributed by atoms with van der Waals surface area (Å²) in [4.78, 5) is 10.9. The molecule has 4 atom stereocenters. The summed E-state index contributed by atoms with van der Waals surface area (Å²) in [6, 6.07) is 4.89. The first-order valence-corrected chi connectivity index (χ1v) is 10.7. The van der Waals surface area contributed by atoms with Crippen LogP contribution in [0.3, 0.4) is 0 Å². The van der Waals surface area contributed by atoms with Gasteiger partial charge in [-0.1, -0.05) is 12.8 Å². The zero-order valence-corrected chi connectivity index (χ0v) is 16.0. The van der Waals surface area contributed by atoms with E-state index in [1.54, 1.807) is 0 Å². The number of nitrogens with zero attached hydrogens (tertiary/aromatic N) is 2. The first-order valence-electron chi connectivity index (χ1n) is 10.3. The van der Waals surface area contributed by atoms with Crippen molar-refractivity contribution in [2.45, 2.75) is 69.0 Å². The monoisotopic (exact) mass is 373 g/mol. The molecule has 0 bridgehead atoms. The van der Waals surface area contributed by atoms with E-state index in [1.807, 2.05) is 12.3 Å². The van der Waals surface area contributed by atoms with Crippen molar-refractivity contribution in [1.82, 2.24) is 14.9 Å². The minimum absolute atomic E-state index is 0.201. The number of likely N-dealkylation sites (tertiary alicyclic amines) is 1. The largest absolute Gasteiger partial charge is 0.372 e. The first kappa shape index (κ1) is 17.0. The summed E-state index contributed by atoms with van der Waals surface area (Å²) >= 11 is 6.70. The number of ether oxygens (including phenoxy) is 1. The molecule has 3 fully saturated rings. The number of pyridine rings is 1. The molecule has 26 heavy (non-hydrogen) atoms. The molecule has 2 saturated heterocycles. The lowest BCUT2D eigenvalue weighted by atomic mass is 9.78. The molecule has 0 aromatic carbocycles. The Morgan fingerprint density at radius 2 is 2.12 bits per heavy atom. The lowest BCUT2D eigenvalue weighted by Gasteiger charge is -2.46. The molecule has 0 unspecified atom stereocenters. The van der Waals surface area contributed by atoms with E-state index in [-0.39, 0.29) is 6.10 Å². The Balaban J connectivity index is 1.49. The molecular formula is C21H28ClN3O. The van der Waals surface area contributed by atoms with E-state index in [0.29, 0.717) is 17.3 Å². The highest BCUT2D eigenvalue weighted by Gasteiger charge is 2.39. The molecule has 0 amide bonds. The number of aromatic nitrogens is 2. The number of nitrogens with one attached hydrogen (secondary N) is 1. The quantitative estimate of drug-likeness (QED) is 0.786. The summed E-state index contributed by atoms with van der Waals surface area (Å²) < 4.78 is 6.02. The summed E-state index contributed by atoms with van der Waals surface area (Å²) in [7, 11) is 0.